The minimum absolute atomic E-state index is 0.0202. The fourth-order valence-corrected chi connectivity index (χ4v) is 7.26. The van der Waals surface area contributed by atoms with E-state index >= 15 is 0 Å². The molecule has 4 rings (SSSR count). The van der Waals surface area contributed by atoms with E-state index in [0.717, 1.165) is 10.8 Å². The number of aromatic amines is 1. The predicted molar refractivity (Wildman–Crippen MR) is 255 cm³/mol. The molecular formula is C44H62N16O10. The van der Waals surface area contributed by atoms with Crippen molar-refractivity contribution < 1.29 is 48.3 Å². The van der Waals surface area contributed by atoms with Crippen molar-refractivity contribution in [2.24, 2.45) is 32.9 Å². The van der Waals surface area contributed by atoms with E-state index in [1.807, 2.05) is 36.4 Å². The lowest BCUT2D eigenvalue weighted by Gasteiger charge is -2.29. The molecule has 3 aromatic rings. The van der Waals surface area contributed by atoms with E-state index in [1.165, 1.54) is 26.4 Å². The van der Waals surface area contributed by atoms with Crippen molar-refractivity contribution in [1.82, 2.24) is 52.5 Å². The number of carboxylic acids is 1. The lowest BCUT2D eigenvalue weighted by molar-refractivity contribution is -0.138. The number of aliphatic imine (C=N–C) groups is 2. The van der Waals surface area contributed by atoms with Gasteiger partial charge in [-0.1, -0.05) is 42.5 Å². The number of amides is 8. The zero-order valence-corrected chi connectivity index (χ0v) is 38.8. The van der Waals surface area contributed by atoms with Crippen LogP contribution in [0.2, 0.25) is 0 Å². The zero-order valence-electron chi connectivity index (χ0n) is 38.8. The van der Waals surface area contributed by atoms with Crippen LogP contribution in [0.5, 0.6) is 0 Å². The van der Waals surface area contributed by atoms with Gasteiger partial charge in [-0.3, -0.25) is 53.1 Å². The summed E-state index contributed by atoms with van der Waals surface area (Å²) in [6, 6.07) is 2.92. The van der Waals surface area contributed by atoms with Gasteiger partial charge in [-0.15, -0.1) is 0 Å². The molecule has 0 saturated carbocycles. The summed E-state index contributed by atoms with van der Waals surface area (Å²) in [4.78, 5) is 137. The summed E-state index contributed by atoms with van der Waals surface area (Å²) in [5.41, 5.74) is 22.8. The number of rotatable bonds is 20. The van der Waals surface area contributed by atoms with Crippen LogP contribution < -0.4 is 65.5 Å². The Balaban J connectivity index is 1.73. The predicted octanol–water partition coefficient (Wildman–Crippen LogP) is -4.12. The number of H-pyrrole nitrogens is 1. The van der Waals surface area contributed by atoms with E-state index in [1.54, 1.807) is 6.07 Å². The molecule has 1 aliphatic rings. The first-order chi connectivity index (χ1) is 33.3. The molecule has 8 amide bonds. The van der Waals surface area contributed by atoms with Crippen molar-refractivity contribution in [3.05, 3.63) is 66.2 Å². The van der Waals surface area contributed by atoms with Crippen molar-refractivity contribution in [2.75, 3.05) is 19.6 Å². The molecule has 1 aromatic heterocycles. The summed E-state index contributed by atoms with van der Waals surface area (Å²) in [6.07, 6.45) is 1.79. The van der Waals surface area contributed by atoms with E-state index in [0.29, 0.717) is 11.3 Å². The second-order valence-electron chi connectivity index (χ2n) is 16.5. The summed E-state index contributed by atoms with van der Waals surface area (Å²) in [7, 11) is 0. The van der Waals surface area contributed by atoms with Crippen molar-refractivity contribution in [3.63, 3.8) is 0 Å². The number of nitrogens with one attached hydrogen (secondary N) is 9. The highest BCUT2D eigenvalue weighted by Crippen LogP contribution is 2.18. The molecular weight excluding hydrogens is 913 g/mol. The molecule has 0 radical (unpaired) electrons. The lowest BCUT2D eigenvalue weighted by atomic mass is 9.99. The maximum absolute atomic E-state index is 14.4. The number of imidazole rings is 1. The summed E-state index contributed by atoms with van der Waals surface area (Å²) in [6.45, 7) is 1.97. The highest BCUT2D eigenvalue weighted by molar-refractivity contribution is 5.98. The highest BCUT2D eigenvalue weighted by atomic mass is 16.4. The van der Waals surface area contributed by atoms with Crippen LogP contribution in [0.15, 0.2) is 65.0 Å². The molecule has 2 heterocycles. The maximum atomic E-state index is 14.4. The van der Waals surface area contributed by atoms with Crippen LogP contribution in [0.1, 0.15) is 63.6 Å². The zero-order chi connectivity index (χ0) is 51.3. The molecule has 2 aromatic carbocycles. The Bertz CT molecular complexity index is 2400. The number of carbonyl (C=O) groups is 9. The number of carboxylic acid groups (broad SMARTS) is 1. The Labute approximate surface area is 402 Å². The lowest BCUT2D eigenvalue weighted by Crippen LogP contribution is -2.63. The first-order valence-electron chi connectivity index (χ1n) is 22.4. The topological polar surface area (TPSA) is 428 Å². The van der Waals surface area contributed by atoms with Crippen LogP contribution in [0, 0.1) is 0 Å². The van der Waals surface area contributed by atoms with Gasteiger partial charge in [-0.2, -0.15) is 0 Å². The van der Waals surface area contributed by atoms with Gasteiger partial charge in [0, 0.05) is 57.7 Å². The van der Waals surface area contributed by atoms with Crippen LogP contribution in [-0.2, 0) is 56.0 Å². The number of aliphatic carboxylic acids is 1. The third-order valence-electron chi connectivity index (χ3n) is 10.9. The van der Waals surface area contributed by atoms with Gasteiger partial charge in [0.2, 0.25) is 47.3 Å². The monoisotopic (exact) mass is 974 g/mol. The van der Waals surface area contributed by atoms with Gasteiger partial charge in [0.25, 0.3) is 0 Å². The van der Waals surface area contributed by atoms with Gasteiger partial charge >= 0.3 is 5.97 Å². The number of fused-ring (bicyclic) bond motifs is 1. The van der Waals surface area contributed by atoms with Crippen molar-refractivity contribution >= 4 is 75.9 Å². The molecule has 1 fully saturated rings. The third-order valence-corrected chi connectivity index (χ3v) is 10.9. The number of guanidine groups is 2. The Morgan fingerprint density at radius 2 is 1.34 bits per heavy atom. The molecule has 0 spiro atoms. The Morgan fingerprint density at radius 1 is 0.743 bits per heavy atom. The average Bonchev–Trinajstić information content (AvgIpc) is 3.82. The number of benzene rings is 2. The number of nitrogens with two attached hydrogens (primary N) is 4. The molecule has 378 valence electrons. The highest BCUT2D eigenvalue weighted by Gasteiger charge is 2.35. The summed E-state index contributed by atoms with van der Waals surface area (Å²) >= 11 is 0. The number of hydrogen-bond donors (Lipinski definition) is 14. The van der Waals surface area contributed by atoms with Gasteiger partial charge in [0.05, 0.1) is 6.33 Å². The van der Waals surface area contributed by atoms with E-state index in [9.17, 15) is 48.3 Å². The van der Waals surface area contributed by atoms with Crippen molar-refractivity contribution in [2.45, 2.75) is 108 Å². The maximum Gasteiger partial charge on any atom is 0.303 e. The SMILES string of the molecule is CC(=O)N[C@@H](CCCN=C(N)N)C(=O)N[C@@H](C)C(=O)N[C@H]1CNC(=O)[C@@H](CCC(=O)O)NC(=O)[C@H](Cc2cnc[nH]2)NC(=O)[C@H](Cc2ccc3ccccc3c2)NC(=O)[C@H](CCCN=C(N)N)NC1=O. The smallest absolute Gasteiger partial charge is 0.303 e. The molecule has 0 aliphatic carbocycles. The van der Waals surface area contributed by atoms with Crippen molar-refractivity contribution in [1.29, 1.82) is 0 Å². The fourth-order valence-electron chi connectivity index (χ4n) is 7.26. The van der Waals surface area contributed by atoms with Gasteiger partial charge < -0.3 is 75.6 Å². The fraction of sp³-hybridized carbons (Fsp3) is 0.455. The van der Waals surface area contributed by atoms with Gasteiger partial charge in [-0.05, 0) is 55.4 Å². The van der Waals surface area contributed by atoms with Crippen LogP contribution in [0.4, 0.5) is 0 Å². The van der Waals surface area contributed by atoms with E-state index in [-0.39, 0.29) is 63.5 Å². The Morgan fingerprint density at radius 3 is 1.97 bits per heavy atom. The number of carbonyl (C=O) groups excluding carboxylic acids is 8. The van der Waals surface area contributed by atoms with Crippen LogP contribution >= 0.6 is 0 Å². The molecule has 0 bridgehead atoms. The number of hydrogen-bond acceptors (Lipinski definition) is 12. The van der Waals surface area contributed by atoms with Gasteiger partial charge in [0.15, 0.2) is 11.9 Å². The minimum Gasteiger partial charge on any atom is -0.481 e. The largest absolute Gasteiger partial charge is 0.481 e. The number of aromatic nitrogens is 2. The van der Waals surface area contributed by atoms with Crippen LogP contribution in [0.3, 0.4) is 0 Å². The average molecular weight is 975 g/mol. The molecule has 0 unspecified atom stereocenters. The first kappa shape index (κ1) is 54.3. The third kappa shape index (κ3) is 18.1. The number of nitrogens with zero attached hydrogens (tertiary/aromatic N) is 3. The molecule has 7 atom stereocenters. The second kappa shape index (κ2) is 26.9. The molecule has 1 aliphatic heterocycles. The standard InChI is InChI=1S/C44H62N16O10/c1-23(54-38(66)29(55-24(2)61)9-5-15-50-43(45)46)36(64)60-34-21-52-37(65)31(13-14-35(62)63)57-41(69)33(19-28-20-49-22-53-28)59-40(68)32(18-25-11-12-26-7-3-4-8-27(26)17-25)58-39(67)30(56-42(34)70)10-6-16-51-44(47)48/h3-4,7-8,11-12,17,20,22-23,29-34H,5-6,9-10,13-16,18-19,21H2,1-2H3,(H,49,53)(H,52,65)(H,54,66)(H,55,61)(H,56,70)(H,57,69)(H,58,67)(H,59,68)(H,60,64)(H,62,63)(H4,45,46,50)(H4,47,48,51)/t23-,29-,30-,31+,32-,33-,34-/m0/s1. The second-order valence-corrected chi connectivity index (χ2v) is 16.5. The Kier molecular flexibility index (Phi) is 20.8. The Hall–Kier alpha value is -8.32. The minimum atomic E-state index is -1.69. The molecule has 26 nitrogen and oxygen atoms in total. The molecule has 1 saturated heterocycles. The summed E-state index contributed by atoms with van der Waals surface area (Å²) < 4.78 is 0. The molecule has 70 heavy (non-hydrogen) atoms. The molecule has 26 heteroatoms. The first-order valence-corrected chi connectivity index (χ1v) is 22.4. The molecule has 18 N–H and O–H groups in total. The van der Waals surface area contributed by atoms with Gasteiger partial charge in [-0.25, -0.2) is 4.98 Å². The quantitative estimate of drug-likeness (QED) is 0.0291. The summed E-state index contributed by atoms with van der Waals surface area (Å²) in [5.74, 6) is -8.53. The van der Waals surface area contributed by atoms with E-state index in [4.69, 9.17) is 22.9 Å². The van der Waals surface area contributed by atoms with E-state index in [2.05, 4.69) is 62.5 Å². The van der Waals surface area contributed by atoms with Crippen molar-refractivity contribution in [3.8, 4) is 0 Å². The van der Waals surface area contributed by atoms with Gasteiger partial charge in [0.1, 0.15) is 42.3 Å². The van der Waals surface area contributed by atoms with E-state index < -0.39 is 115 Å². The van der Waals surface area contributed by atoms with Crippen LogP contribution in [-0.4, -0.2) is 142 Å². The van der Waals surface area contributed by atoms with Crippen LogP contribution in [0.25, 0.3) is 10.8 Å². The normalized spacial score (nSPS) is 19.9. The summed E-state index contributed by atoms with van der Waals surface area (Å²) in [5, 5.41) is 31.8.